The number of nitrogens with two attached hydrogens (primary N) is 4. The fourth-order valence-corrected chi connectivity index (χ4v) is 10.0. The van der Waals surface area contributed by atoms with E-state index in [0.29, 0.717) is 22.0 Å². The van der Waals surface area contributed by atoms with Gasteiger partial charge >= 0.3 is 11.9 Å². The van der Waals surface area contributed by atoms with Crippen LogP contribution in [-0.2, 0) is 84.8 Å². The average Bonchev–Trinajstić information content (AvgIpc) is 1.74. The second kappa shape index (κ2) is 39.1. The third-order valence-electron chi connectivity index (χ3n) is 14.6. The first-order chi connectivity index (χ1) is 44.6. The fraction of sp³-hybridized carbons (Fsp3) is 0.525. The number of aromatic nitrogens is 1. The Morgan fingerprint density at radius 2 is 0.895 bits per heavy atom. The maximum Gasteiger partial charge on any atom is 0.328 e. The van der Waals surface area contributed by atoms with Gasteiger partial charge in [0.15, 0.2) is 6.04 Å². The molecule has 0 spiro atoms. The van der Waals surface area contributed by atoms with Crippen molar-refractivity contribution in [3.8, 4) is 0 Å². The summed E-state index contributed by atoms with van der Waals surface area (Å²) >= 11 is 1.27. The highest BCUT2D eigenvalue weighted by atomic mass is 32.2. The zero-order valence-electron chi connectivity index (χ0n) is 53.8. The lowest BCUT2D eigenvalue weighted by atomic mass is 9.99. The lowest BCUT2D eigenvalue weighted by molar-refractivity contribution is -0.145. The van der Waals surface area contributed by atoms with Crippen molar-refractivity contribution in [1.29, 1.82) is 0 Å². The van der Waals surface area contributed by atoms with Gasteiger partial charge in [-0.2, -0.15) is 11.8 Å². The van der Waals surface area contributed by atoms with Crippen LogP contribution in [0.3, 0.4) is 0 Å². The molecular weight excluding hydrogens is 1260 g/mol. The molecule has 0 bridgehead atoms. The Bertz CT molecular complexity index is 3220. The van der Waals surface area contributed by atoms with Crippen molar-refractivity contribution >= 4 is 111 Å². The molecule has 1 heterocycles. The van der Waals surface area contributed by atoms with E-state index >= 15 is 0 Å². The third kappa shape index (κ3) is 27.4. The summed E-state index contributed by atoms with van der Waals surface area (Å²) in [5, 5.41) is 54.4. The van der Waals surface area contributed by atoms with Crippen LogP contribution in [0.25, 0.3) is 10.9 Å². The molecule has 0 saturated heterocycles. The van der Waals surface area contributed by atoms with E-state index < -0.39 is 199 Å². The average molecular weight is 1350 g/mol. The highest BCUT2D eigenvalue weighted by molar-refractivity contribution is 7.98. The van der Waals surface area contributed by atoms with Gasteiger partial charge in [-0.05, 0) is 80.6 Å². The second-order valence-electron chi connectivity index (χ2n) is 23.5. The van der Waals surface area contributed by atoms with Gasteiger partial charge in [0.2, 0.25) is 76.8 Å². The van der Waals surface area contributed by atoms with Gasteiger partial charge in [-0.1, -0.05) is 76.2 Å². The summed E-state index contributed by atoms with van der Waals surface area (Å²) in [6.07, 6.45) is -2.71. The van der Waals surface area contributed by atoms with Crippen LogP contribution in [0, 0.1) is 11.8 Å². The van der Waals surface area contributed by atoms with Gasteiger partial charge in [0.25, 0.3) is 0 Å². The molecule has 0 saturated carbocycles. The van der Waals surface area contributed by atoms with Crippen molar-refractivity contribution in [2.24, 2.45) is 34.8 Å². The van der Waals surface area contributed by atoms with Crippen LogP contribution in [0.1, 0.15) is 104 Å². The first-order valence-corrected chi connectivity index (χ1v) is 31.9. The van der Waals surface area contributed by atoms with Crippen molar-refractivity contribution in [2.75, 3.05) is 12.0 Å². The first kappa shape index (κ1) is 79.5. The minimum Gasteiger partial charge on any atom is -0.481 e. The predicted molar refractivity (Wildman–Crippen MR) is 345 cm³/mol. The summed E-state index contributed by atoms with van der Waals surface area (Å²) in [4.78, 5) is 204. The SMILES string of the molecule is CSCCC(NC(=O)C(CC(C)C)NC(=O)C(Cc1c[nH]c2ccccc12)NC(=O)C(CCC(N)=O)NC(=O)C(NC(=O)C(Cc1ccccc1)NC(=O)C(CC(=O)O)NC(=O)C(CCC(N)=O)NC(=O)C(C)N)C(C)C)C(=O)NC(CC(N)=O)C(=O)NC(C(=O)O)C(C)O. The van der Waals surface area contributed by atoms with E-state index in [1.807, 2.05) is 0 Å². The number of thioether (sulfide) groups is 1. The Morgan fingerprint density at radius 1 is 0.474 bits per heavy atom. The van der Waals surface area contributed by atoms with Crippen molar-refractivity contribution in [2.45, 2.75) is 178 Å². The van der Waals surface area contributed by atoms with E-state index in [-0.39, 0.29) is 43.8 Å². The van der Waals surface area contributed by atoms with Gasteiger partial charge in [-0.25, -0.2) is 4.79 Å². The van der Waals surface area contributed by atoms with Gasteiger partial charge in [-0.15, -0.1) is 0 Å². The Hall–Kier alpha value is -9.70. The summed E-state index contributed by atoms with van der Waals surface area (Å²) in [6.45, 7) is 8.88. The summed E-state index contributed by atoms with van der Waals surface area (Å²) in [7, 11) is 0. The lowest BCUT2D eigenvalue weighted by Crippen LogP contribution is -2.62. The van der Waals surface area contributed by atoms with E-state index in [4.69, 9.17) is 22.9 Å². The molecule has 34 heteroatoms. The smallest absolute Gasteiger partial charge is 0.328 e. The number of hydrogen-bond donors (Lipinski definition) is 18. The lowest BCUT2D eigenvalue weighted by Gasteiger charge is -2.29. The Labute approximate surface area is 551 Å². The van der Waals surface area contributed by atoms with E-state index in [1.165, 1.54) is 32.5 Å². The number of hydrogen-bond acceptors (Lipinski definition) is 18. The molecule has 3 rings (SSSR count). The zero-order valence-corrected chi connectivity index (χ0v) is 54.6. The van der Waals surface area contributed by atoms with Gasteiger partial charge in [0, 0.05) is 42.8 Å². The molecule has 33 nitrogen and oxygen atoms in total. The third-order valence-corrected chi connectivity index (χ3v) is 15.3. The van der Waals surface area contributed by atoms with Gasteiger partial charge in [0.1, 0.15) is 54.4 Å². The van der Waals surface area contributed by atoms with Crippen LogP contribution >= 0.6 is 11.8 Å². The first-order valence-electron chi connectivity index (χ1n) is 30.5. The molecule has 2 aromatic carbocycles. The van der Waals surface area contributed by atoms with E-state index in [2.05, 4.69) is 58.2 Å². The van der Waals surface area contributed by atoms with Crippen molar-refractivity contribution in [3.05, 3.63) is 71.9 Å². The van der Waals surface area contributed by atoms with E-state index in [1.54, 1.807) is 80.9 Å². The number of primary amides is 3. The molecule has 0 radical (unpaired) electrons. The number of carboxylic acid groups (broad SMARTS) is 2. The second-order valence-corrected chi connectivity index (χ2v) is 24.5. The van der Waals surface area contributed by atoms with Gasteiger partial charge in [-0.3, -0.25) is 67.1 Å². The van der Waals surface area contributed by atoms with Gasteiger partial charge in [0.05, 0.1) is 25.0 Å². The Balaban J connectivity index is 2.04. The number of H-pyrrole nitrogens is 1. The summed E-state index contributed by atoms with van der Waals surface area (Å²) in [6, 6.07) is -2.52. The number of carboxylic acids is 2. The monoisotopic (exact) mass is 1350 g/mol. The Morgan fingerprint density at radius 3 is 1.39 bits per heavy atom. The topological polar surface area (TPSA) is 557 Å². The standard InChI is InChI=1S/C61H89N15O18S/c1-29(2)23-40(55(87)68-39(21-22-95-7)54(86)73-43(26-47(65)80)59(91)76-50(32(6)77)61(93)94)70-56(88)42(25-34-28-66-36-16-12-11-15-35(34)36)72-53(85)38(18-20-46(64)79)69-60(92)49(30(3)4)75-58(90)41(24-33-13-9-8-10-14-33)71-57(89)44(27-48(81)82)74-52(84)37(17-19-45(63)78)67-51(83)31(5)62/h8-16,28-32,37-44,49-50,66,77H,17-27,62H2,1-7H3,(H2,63,78)(H2,64,79)(H2,65,80)(H,67,83)(H,68,87)(H,69,92)(H,70,88)(H,71,89)(H,72,85)(H,73,86)(H,74,84)(H,75,90)(H,76,91)(H,81,82)(H,93,94). The molecule has 522 valence electrons. The van der Waals surface area contributed by atoms with Crippen LogP contribution in [0.4, 0.5) is 0 Å². The number of aliphatic hydroxyl groups is 1. The molecule has 0 aliphatic rings. The van der Waals surface area contributed by atoms with E-state index in [0.717, 1.165) is 6.92 Å². The molecule has 0 aliphatic carbocycles. The fourth-order valence-electron chi connectivity index (χ4n) is 9.53. The number of para-hydroxylation sites is 1. The van der Waals surface area contributed by atoms with E-state index in [9.17, 15) is 87.2 Å². The number of amides is 13. The number of aromatic amines is 1. The number of benzene rings is 2. The summed E-state index contributed by atoms with van der Waals surface area (Å²) in [5.74, 6) is -17.3. The number of nitrogens with one attached hydrogen (secondary N) is 11. The molecule has 1 aromatic heterocycles. The van der Waals surface area contributed by atoms with Crippen molar-refractivity contribution in [1.82, 2.24) is 58.2 Å². The number of carbonyl (C=O) groups excluding carboxylic acids is 13. The van der Waals surface area contributed by atoms with Crippen LogP contribution in [0.5, 0.6) is 0 Å². The van der Waals surface area contributed by atoms with Crippen LogP contribution < -0.4 is 76.1 Å². The maximum absolute atomic E-state index is 14.9. The molecule has 3 aromatic rings. The molecule has 12 atom stereocenters. The predicted octanol–water partition coefficient (Wildman–Crippen LogP) is -4.05. The summed E-state index contributed by atoms with van der Waals surface area (Å²) in [5.41, 5.74) is 23.4. The van der Waals surface area contributed by atoms with Crippen molar-refractivity contribution in [3.63, 3.8) is 0 Å². The highest BCUT2D eigenvalue weighted by Gasteiger charge is 2.38. The summed E-state index contributed by atoms with van der Waals surface area (Å²) < 4.78 is 0. The van der Waals surface area contributed by atoms with Crippen LogP contribution in [-0.4, -0.2) is 194 Å². The molecule has 12 unspecified atom stereocenters. The molecule has 22 N–H and O–H groups in total. The molecule has 0 fully saturated rings. The minimum atomic E-state index is -1.91. The molecular formula is C61H89N15O18S. The number of carbonyl (C=O) groups is 15. The number of aliphatic hydroxyl groups excluding tert-OH is 1. The largest absolute Gasteiger partial charge is 0.481 e. The molecule has 95 heavy (non-hydrogen) atoms. The minimum absolute atomic E-state index is 0.0736. The number of aliphatic carboxylic acids is 2. The highest BCUT2D eigenvalue weighted by Crippen LogP contribution is 2.20. The molecule has 13 amide bonds. The number of fused-ring (bicyclic) bond motifs is 1. The zero-order chi connectivity index (χ0) is 71.4. The van der Waals surface area contributed by atoms with Crippen LogP contribution in [0.15, 0.2) is 60.8 Å². The normalized spacial score (nSPS) is 15.0. The van der Waals surface area contributed by atoms with Crippen LogP contribution in [0.2, 0.25) is 0 Å². The maximum atomic E-state index is 14.9. The van der Waals surface area contributed by atoms with Crippen molar-refractivity contribution < 1.29 is 87.2 Å². The molecule has 0 aliphatic heterocycles. The number of rotatable bonds is 42. The van der Waals surface area contributed by atoms with Gasteiger partial charge < -0.3 is 96.4 Å². The quantitative estimate of drug-likeness (QED) is 0.0257. The Kier molecular flexibility index (Phi) is 32.7.